The summed E-state index contributed by atoms with van der Waals surface area (Å²) in [5.41, 5.74) is 6.59. The zero-order chi connectivity index (χ0) is 13.4. The number of nitrogen functional groups attached to an aromatic ring is 1. The van der Waals surface area contributed by atoms with E-state index in [1.165, 1.54) is 6.20 Å². The monoisotopic (exact) mass is 253 g/mol. The van der Waals surface area contributed by atoms with Crippen LogP contribution in [0.1, 0.15) is 23.7 Å². The zero-order valence-electron chi connectivity index (χ0n) is 10.7. The molecule has 1 aromatic heterocycles. The molecule has 0 aliphatic carbocycles. The number of hydrogen-bond donors (Lipinski definition) is 2. The van der Waals surface area contributed by atoms with Crippen LogP contribution in [-0.2, 0) is 9.47 Å². The summed E-state index contributed by atoms with van der Waals surface area (Å²) in [6.45, 7) is 3.47. The van der Waals surface area contributed by atoms with Crippen LogP contribution < -0.4 is 11.1 Å². The van der Waals surface area contributed by atoms with Gasteiger partial charge in [0.05, 0.1) is 17.9 Å². The molecule has 0 saturated heterocycles. The summed E-state index contributed by atoms with van der Waals surface area (Å²) in [6, 6.07) is 1.56. The van der Waals surface area contributed by atoms with E-state index in [-0.39, 0.29) is 0 Å². The average molecular weight is 253 g/mol. The molecular weight excluding hydrogens is 234 g/mol. The second kappa shape index (κ2) is 7.50. The predicted octanol–water partition coefficient (Wildman–Crippen LogP) is 1.29. The van der Waals surface area contributed by atoms with Crippen LogP contribution in [0, 0.1) is 0 Å². The summed E-state index contributed by atoms with van der Waals surface area (Å²) in [5.74, 6) is 0.154. The number of pyridine rings is 1. The molecule has 0 aliphatic rings. The van der Waals surface area contributed by atoms with Crippen molar-refractivity contribution < 1.29 is 14.3 Å². The lowest BCUT2D eigenvalue weighted by atomic mass is 10.2. The number of nitrogens with two attached hydrogens (primary N) is 1. The topological polar surface area (TPSA) is 86.5 Å². The number of ether oxygens (including phenoxy) is 2. The highest BCUT2D eigenvalue weighted by molar-refractivity contribution is 5.90. The number of esters is 1. The first-order chi connectivity index (χ1) is 8.69. The maximum atomic E-state index is 11.5. The van der Waals surface area contributed by atoms with Crippen molar-refractivity contribution in [1.82, 2.24) is 4.98 Å². The number of carbonyl (C=O) groups is 1. The minimum absolute atomic E-state index is 0.329. The maximum absolute atomic E-state index is 11.5. The van der Waals surface area contributed by atoms with Gasteiger partial charge >= 0.3 is 5.97 Å². The lowest BCUT2D eigenvalue weighted by Crippen LogP contribution is -2.10. The quantitative estimate of drug-likeness (QED) is 0.562. The Balaban J connectivity index is 2.59. The third kappa shape index (κ3) is 4.21. The van der Waals surface area contributed by atoms with E-state index in [4.69, 9.17) is 15.2 Å². The van der Waals surface area contributed by atoms with Crippen molar-refractivity contribution >= 4 is 17.5 Å². The maximum Gasteiger partial charge on any atom is 0.339 e. The molecule has 1 aromatic rings. The fourth-order valence-electron chi connectivity index (χ4n) is 1.38. The molecule has 0 atom stereocenters. The Bertz CT molecular complexity index is 396. The second-order valence-electron chi connectivity index (χ2n) is 3.66. The fourth-order valence-corrected chi connectivity index (χ4v) is 1.38. The molecule has 0 radical (unpaired) electrons. The molecule has 6 nitrogen and oxygen atoms in total. The van der Waals surface area contributed by atoms with E-state index in [0.717, 1.165) is 6.42 Å². The first-order valence-corrected chi connectivity index (χ1v) is 5.84. The van der Waals surface area contributed by atoms with Gasteiger partial charge in [0, 0.05) is 26.5 Å². The van der Waals surface area contributed by atoms with Crippen molar-refractivity contribution in [2.24, 2.45) is 0 Å². The van der Waals surface area contributed by atoms with Crippen LogP contribution in [0.4, 0.5) is 11.5 Å². The van der Waals surface area contributed by atoms with E-state index in [2.05, 4.69) is 10.3 Å². The molecule has 100 valence electrons. The highest BCUT2D eigenvalue weighted by atomic mass is 16.5. The molecule has 0 spiro atoms. The summed E-state index contributed by atoms with van der Waals surface area (Å²) in [5, 5.41) is 3.08. The Morgan fingerprint density at radius 1 is 1.56 bits per heavy atom. The molecular formula is C12H19N3O3. The van der Waals surface area contributed by atoms with Crippen LogP contribution in [0.15, 0.2) is 12.3 Å². The molecule has 0 aliphatic heterocycles. The van der Waals surface area contributed by atoms with Gasteiger partial charge in [0.25, 0.3) is 0 Å². The molecule has 3 N–H and O–H groups in total. The van der Waals surface area contributed by atoms with Gasteiger partial charge in [-0.3, -0.25) is 0 Å². The second-order valence-corrected chi connectivity index (χ2v) is 3.66. The van der Waals surface area contributed by atoms with Crippen molar-refractivity contribution in [2.75, 3.05) is 37.9 Å². The Hall–Kier alpha value is -1.82. The van der Waals surface area contributed by atoms with Crippen molar-refractivity contribution in [1.29, 1.82) is 0 Å². The minimum atomic E-state index is -0.414. The lowest BCUT2D eigenvalue weighted by molar-refractivity contribution is 0.0526. The van der Waals surface area contributed by atoms with E-state index in [0.29, 0.717) is 36.8 Å². The van der Waals surface area contributed by atoms with Crippen LogP contribution in [0.5, 0.6) is 0 Å². The standard InChI is InChI=1S/C12H19N3O3/c1-3-18-12(16)9-7-10(13)11(15-8-9)14-5-4-6-17-2/h7-8H,3-6,13H2,1-2H3,(H,14,15). The molecule has 0 unspecified atom stereocenters. The number of hydrogen-bond acceptors (Lipinski definition) is 6. The average Bonchev–Trinajstić information content (AvgIpc) is 2.36. The number of carbonyl (C=O) groups excluding carboxylic acids is 1. The number of methoxy groups -OCH3 is 1. The summed E-state index contributed by atoms with van der Waals surface area (Å²) >= 11 is 0. The van der Waals surface area contributed by atoms with Gasteiger partial charge in [-0.1, -0.05) is 0 Å². The Labute approximate surface area is 106 Å². The largest absolute Gasteiger partial charge is 0.462 e. The zero-order valence-corrected chi connectivity index (χ0v) is 10.7. The number of nitrogens with one attached hydrogen (secondary N) is 1. The van der Waals surface area contributed by atoms with Crippen LogP contribution in [0.25, 0.3) is 0 Å². The lowest BCUT2D eigenvalue weighted by Gasteiger charge is -2.09. The van der Waals surface area contributed by atoms with Gasteiger partial charge in [0.2, 0.25) is 0 Å². The molecule has 0 aromatic carbocycles. The highest BCUT2D eigenvalue weighted by Crippen LogP contribution is 2.16. The van der Waals surface area contributed by atoms with Crippen molar-refractivity contribution in [3.05, 3.63) is 17.8 Å². The SMILES string of the molecule is CCOC(=O)c1cnc(NCCCOC)c(N)c1. The van der Waals surface area contributed by atoms with Gasteiger partial charge in [-0.15, -0.1) is 0 Å². The van der Waals surface area contributed by atoms with Crippen molar-refractivity contribution in [3.63, 3.8) is 0 Å². The smallest absolute Gasteiger partial charge is 0.339 e. The molecule has 0 fully saturated rings. The number of aromatic nitrogens is 1. The van der Waals surface area contributed by atoms with Crippen molar-refractivity contribution in [3.8, 4) is 0 Å². The molecule has 6 heteroatoms. The van der Waals surface area contributed by atoms with Gasteiger partial charge in [-0.2, -0.15) is 0 Å². The Kier molecular flexibility index (Phi) is 5.93. The van der Waals surface area contributed by atoms with Crippen LogP contribution >= 0.6 is 0 Å². The van der Waals surface area contributed by atoms with Crippen LogP contribution in [-0.4, -0.2) is 37.8 Å². The van der Waals surface area contributed by atoms with Gasteiger partial charge < -0.3 is 20.5 Å². The van der Waals surface area contributed by atoms with Gasteiger partial charge in [0.15, 0.2) is 0 Å². The normalized spacial score (nSPS) is 10.1. The fraction of sp³-hybridized carbons (Fsp3) is 0.500. The van der Waals surface area contributed by atoms with E-state index < -0.39 is 5.97 Å². The predicted molar refractivity (Wildman–Crippen MR) is 69.6 cm³/mol. The summed E-state index contributed by atoms with van der Waals surface area (Å²) in [6.07, 6.45) is 2.31. The number of rotatable bonds is 7. The van der Waals surface area contributed by atoms with Gasteiger partial charge in [-0.25, -0.2) is 9.78 Å². The molecule has 1 rings (SSSR count). The Morgan fingerprint density at radius 3 is 2.94 bits per heavy atom. The van der Waals surface area contributed by atoms with Gasteiger partial charge in [0.1, 0.15) is 5.82 Å². The van der Waals surface area contributed by atoms with Crippen LogP contribution in [0.2, 0.25) is 0 Å². The molecule has 0 bridgehead atoms. The first-order valence-electron chi connectivity index (χ1n) is 5.84. The van der Waals surface area contributed by atoms with E-state index in [1.54, 1.807) is 20.1 Å². The molecule has 0 saturated carbocycles. The molecule has 0 amide bonds. The molecule has 18 heavy (non-hydrogen) atoms. The Morgan fingerprint density at radius 2 is 2.33 bits per heavy atom. The first kappa shape index (κ1) is 14.2. The van der Waals surface area contributed by atoms with E-state index in [9.17, 15) is 4.79 Å². The minimum Gasteiger partial charge on any atom is -0.462 e. The van der Waals surface area contributed by atoms with Crippen LogP contribution in [0.3, 0.4) is 0 Å². The summed E-state index contributed by atoms with van der Waals surface area (Å²) in [4.78, 5) is 15.6. The summed E-state index contributed by atoms with van der Waals surface area (Å²) in [7, 11) is 1.65. The van der Waals surface area contributed by atoms with E-state index in [1.807, 2.05) is 0 Å². The third-order valence-corrected chi connectivity index (χ3v) is 2.25. The third-order valence-electron chi connectivity index (χ3n) is 2.25. The van der Waals surface area contributed by atoms with E-state index >= 15 is 0 Å². The van der Waals surface area contributed by atoms with Gasteiger partial charge in [-0.05, 0) is 19.4 Å². The highest BCUT2D eigenvalue weighted by Gasteiger charge is 2.09. The number of anilines is 2. The van der Waals surface area contributed by atoms with Crippen molar-refractivity contribution in [2.45, 2.75) is 13.3 Å². The molecule has 1 heterocycles. The summed E-state index contributed by atoms with van der Waals surface area (Å²) < 4.78 is 9.80. The number of nitrogens with zero attached hydrogens (tertiary/aromatic N) is 1.